The molecule has 2 aliphatic heterocycles. The van der Waals surface area contributed by atoms with Crippen LogP contribution in [0.25, 0.3) is 16.4 Å². The summed E-state index contributed by atoms with van der Waals surface area (Å²) in [6.07, 6.45) is 2.98. The summed E-state index contributed by atoms with van der Waals surface area (Å²) in [6.45, 7) is 5.60. The number of thioether (sulfide) groups is 1. The number of fused-ring (bicyclic) bond motifs is 4. The van der Waals surface area contributed by atoms with Gasteiger partial charge in [-0.3, -0.25) is 4.79 Å². The van der Waals surface area contributed by atoms with E-state index in [9.17, 15) is 23.1 Å². The van der Waals surface area contributed by atoms with Gasteiger partial charge in [-0.1, -0.05) is 90.6 Å². The van der Waals surface area contributed by atoms with Gasteiger partial charge in [-0.15, -0.1) is 13.2 Å². The maximum atomic E-state index is 13.0. The number of piperidine rings is 2. The number of amides is 1. The molecule has 2 atom stereocenters. The number of halogens is 3. The number of benzene rings is 5. The van der Waals surface area contributed by atoms with Gasteiger partial charge in [-0.05, 0) is 147 Å². The van der Waals surface area contributed by atoms with Gasteiger partial charge in [0.25, 0.3) is 5.91 Å². The molecule has 0 bridgehead atoms. The molecule has 1 amide bonds. The van der Waals surface area contributed by atoms with Crippen molar-refractivity contribution in [2.24, 2.45) is 11.8 Å². The summed E-state index contributed by atoms with van der Waals surface area (Å²) in [4.78, 5) is 23.2. The number of para-hydroxylation sites is 2. The van der Waals surface area contributed by atoms with E-state index in [1.165, 1.54) is 78.4 Å². The number of aromatic hydroxyl groups is 1. The molecule has 2 aromatic heterocycles. The highest BCUT2D eigenvalue weighted by Gasteiger charge is 2.34. The molecule has 1 aliphatic carbocycles. The highest BCUT2D eigenvalue weighted by atomic mass is 32.2. The number of ether oxygens (including phenoxy) is 1. The number of anilines is 1. The van der Waals surface area contributed by atoms with Crippen molar-refractivity contribution < 1.29 is 27.8 Å². The van der Waals surface area contributed by atoms with E-state index in [1.807, 2.05) is 47.0 Å². The maximum absolute atomic E-state index is 13.0. The quantitative estimate of drug-likeness (QED) is 0.0872. The number of hydrogen-bond acceptors (Lipinski definition) is 8. The average Bonchev–Trinajstić information content (AvgIpc) is 3.79. The third-order valence-corrected chi connectivity index (χ3v) is 15.1. The summed E-state index contributed by atoms with van der Waals surface area (Å²) in [5.74, 6) is 2.00. The molecule has 13 heteroatoms. The number of nitrogens with one attached hydrogen (secondary N) is 1. The van der Waals surface area contributed by atoms with E-state index in [0.29, 0.717) is 29.2 Å². The van der Waals surface area contributed by atoms with Crippen molar-refractivity contribution >= 4 is 39.8 Å². The maximum Gasteiger partial charge on any atom is 0.573 e. The first-order valence-corrected chi connectivity index (χ1v) is 24.6. The number of likely N-dealkylation sites (tertiary alicyclic amines) is 1. The SMILES string of the molecule is O=C(NCc1cc2c3ccccc3nc(SCCC3CCN(CC4CCN(c5ccc([C@@H]6c7ccc(O)cc7CC[C@@H]6c6ccccc6)cc5)CC4)CC3)n2n1)c1ccccc1OC(F)(F)F. The Hall–Kier alpha value is -6.05. The molecule has 7 aromatic rings. The lowest BCUT2D eigenvalue weighted by Crippen LogP contribution is -2.41. The fraction of sp³-hybridized carbons (Fsp3) is 0.352. The number of alkyl halides is 3. The lowest BCUT2D eigenvalue weighted by molar-refractivity contribution is -0.274. The number of phenols is 1. The number of nitrogens with zero attached hydrogens (tertiary/aromatic N) is 5. The summed E-state index contributed by atoms with van der Waals surface area (Å²) in [7, 11) is 0. The first kappa shape index (κ1) is 44.8. The van der Waals surface area contributed by atoms with E-state index in [-0.39, 0.29) is 18.0 Å². The predicted octanol–water partition coefficient (Wildman–Crippen LogP) is 11.4. The van der Waals surface area contributed by atoms with Crippen LogP contribution in [-0.2, 0) is 13.0 Å². The van der Waals surface area contributed by atoms with Crippen LogP contribution in [0.1, 0.15) is 88.7 Å². The van der Waals surface area contributed by atoms with Crippen LogP contribution in [-0.4, -0.2) is 75.4 Å². The number of carbonyl (C=O) groups is 1. The number of phenolic OH excluding ortho intramolecular Hbond substituents is 1. The second kappa shape index (κ2) is 19.7. The highest BCUT2D eigenvalue weighted by Crippen LogP contribution is 2.47. The van der Waals surface area contributed by atoms with Gasteiger partial charge in [0.15, 0.2) is 5.16 Å². The highest BCUT2D eigenvalue weighted by molar-refractivity contribution is 7.99. The second-order valence-electron chi connectivity index (χ2n) is 18.4. The molecule has 2 fully saturated rings. The molecule has 0 radical (unpaired) electrons. The smallest absolute Gasteiger partial charge is 0.508 e. The normalized spacial score (nSPS) is 18.6. The van der Waals surface area contributed by atoms with E-state index in [1.54, 1.807) is 11.8 Å². The van der Waals surface area contributed by atoms with Crippen LogP contribution in [0.2, 0.25) is 0 Å². The predicted molar refractivity (Wildman–Crippen MR) is 258 cm³/mol. The third kappa shape index (κ3) is 10.3. The van der Waals surface area contributed by atoms with Gasteiger partial charge in [0.05, 0.1) is 28.8 Å². The lowest BCUT2D eigenvalue weighted by Gasteiger charge is -2.38. The van der Waals surface area contributed by atoms with Crippen LogP contribution < -0.4 is 15.0 Å². The van der Waals surface area contributed by atoms with Crippen LogP contribution in [0.4, 0.5) is 18.9 Å². The van der Waals surface area contributed by atoms with Crippen molar-refractivity contribution in [2.45, 2.75) is 74.8 Å². The third-order valence-electron chi connectivity index (χ3n) is 14.2. The monoisotopic (exact) mass is 924 g/mol. The van der Waals surface area contributed by atoms with E-state index in [0.717, 1.165) is 78.8 Å². The number of carbonyl (C=O) groups excluding carboxylic acids is 1. The van der Waals surface area contributed by atoms with Crippen molar-refractivity contribution in [1.29, 1.82) is 0 Å². The lowest BCUT2D eigenvalue weighted by atomic mass is 9.69. The minimum Gasteiger partial charge on any atom is -0.508 e. The minimum atomic E-state index is -4.92. The Labute approximate surface area is 393 Å². The molecular formula is C54H55F3N6O3S. The fourth-order valence-corrected chi connectivity index (χ4v) is 11.8. The van der Waals surface area contributed by atoms with E-state index < -0.39 is 18.0 Å². The Kier molecular flexibility index (Phi) is 13.1. The number of aryl methyl sites for hydroxylation is 1. The largest absolute Gasteiger partial charge is 0.573 e. The van der Waals surface area contributed by atoms with E-state index >= 15 is 0 Å². The van der Waals surface area contributed by atoms with E-state index in [4.69, 9.17) is 10.1 Å². The van der Waals surface area contributed by atoms with Gasteiger partial charge < -0.3 is 25.0 Å². The van der Waals surface area contributed by atoms with Crippen molar-refractivity contribution in [2.75, 3.05) is 43.4 Å². The van der Waals surface area contributed by atoms with Gasteiger partial charge in [0, 0.05) is 42.4 Å². The second-order valence-corrected chi connectivity index (χ2v) is 19.5. The minimum absolute atomic E-state index is 0.0196. The summed E-state index contributed by atoms with van der Waals surface area (Å²) in [5, 5.41) is 19.5. The van der Waals surface area contributed by atoms with Gasteiger partial charge >= 0.3 is 6.36 Å². The summed E-state index contributed by atoms with van der Waals surface area (Å²) >= 11 is 1.68. The van der Waals surface area contributed by atoms with Crippen molar-refractivity contribution in [3.63, 3.8) is 0 Å². The summed E-state index contributed by atoms with van der Waals surface area (Å²) in [6, 6.07) is 41.3. The molecule has 9 nitrogen and oxygen atoms in total. The standard InChI is InChI=1S/C54H55F3N6O3S/c55-54(56,57)66-50-13-7-5-11-47(50)52(65)58-34-41-33-49-46-10-4-6-12-48(46)59-53(63(49)60-41)67-31-26-36-22-27-61(28-23-36)35-37-24-29-62(30-25-37)42-17-14-39(15-18-42)51-44(38-8-2-1-3-9-38)20-16-40-32-43(64)19-21-45(40)51/h1-15,17-19,21,32-33,36-37,44,51,64H,16,20,22-31,34-35H2,(H,58,65)/t44-,51+/m1/s1. The van der Waals surface area contributed by atoms with Crippen molar-refractivity contribution in [3.8, 4) is 11.5 Å². The summed E-state index contributed by atoms with van der Waals surface area (Å²) < 4.78 is 44.9. The van der Waals surface area contributed by atoms with Crippen molar-refractivity contribution in [1.82, 2.24) is 24.8 Å². The van der Waals surface area contributed by atoms with Crippen LogP contribution in [0.15, 0.2) is 133 Å². The first-order chi connectivity index (χ1) is 32.6. The van der Waals surface area contributed by atoms with Crippen LogP contribution in [0.3, 0.4) is 0 Å². The molecule has 67 heavy (non-hydrogen) atoms. The van der Waals surface area contributed by atoms with Crippen molar-refractivity contribution in [3.05, 3.63) is 161 Å². The van der Waals surface area contributed by atoms with Gasteiger partial charge in [0.1, 0.15) is 11.5 Å². The number of hydrogen-bond donors (Lipinski definition) is 2. The van der Waals surface area contributed by atoms with E-state index in [2.05, 4.69) is 80.5 Å². The molecule has 4 heterocycles. The van der Waals surface area contributed by atoms with Crippen LogP contribution in [0, 0.1) is 11.8 Å². The average molecular weight is 925 g/mol. The van der Waals surface area contributed by atoms with Crippen LogP contribution >= 0.6 is 11.8 Å². The van der Waals surface area contributed by atoms with Crippen LogP contribution in [0.5, 0.6) is 11.5 Å². The van der Waals surface area contributed by atoms with Gasteiger partial charge in [-0.2, -0.15) is 5.10 Å². The fourth-order valence-electron chi connectivity index (χ4n) is 10.7. The molecule has 0 spiro atoms. The van der Waals surface area contributed by atoms with Gasteiger partial charge in [-0.25, -0.2) is 9.50 Å². The Balaban J connectivity index is 0.701. The van der Waals surface area contributed by atoms with Gasteiger partial charge in [0.2, 0.25) is 0 Å². The zero-order valence-electron chi connectivity index (χ0n) is 37.4. The first-order valence-electron chi connectivity index (χ1n) is 23.6. The Morgan fingerprint density at radius 1 is 0.791 bits per heavy atom. The molecule has 5 aromatic carbocycles. The molecule has 3 aliphatic rings. The Bertz CT molecular complexity index is 2820. The number of rotatable bonds is 13. The zero-order valence-corrected chi connectivity index (χ0v) is 38.2. The molecule has 10 rings (SSSR count). The molecule has 2 N–H and O–H groups in total. The Morgan fingerprint density at radius 3 is 2.31 bits per heavy atom. The molecule has 0 saturated carbocycles. The molecule has 346 valence electrons. The molecular weight excluding hydrogens is 870 g/mol. The molecule has 2 saturated heterocycles. The summed E-state index contributed by atoms with van der Waals surface area (Å²) in [5.41, 5.74) is 8.68. The number of aromatic nitrogens is 3. The topological polar surface area (TPSA) is 95.2 Å². The molecule has 0 unspecified atom stereocenters. The Morgan fingerprint density at radius 2 is 1.52 bits per heavy atom. The zero-order chi connectivity index (χ0) is 45.9.